The predicted octanol–water partition coefficient (Wildman–Crippen LogP) is 4.59. The maximum Gasteiger partial charge on any atom is 0.106 e. The summed E-state index contributed by atoms with van der Waals surface area (Å²) in [7, 11) is 3.73. The van der Waals surface area contributed by atoms with Crippen molar-refractivity contribution in [1.82, 2.24) is 4.90 Å². The van der Waals surface area contributed by atoms with Crippen LogP contribution in [0.5, 0.6) is 0 Å². The van der Waals surface area contributed by atoms with Gasteiger partial charge < -0.3 is 15.1 Å². The first kappa shape index (κ1) is 22.2. The standard InChI is InChI=1S/C21H35NO2S/c1-4-5-6-7-8-9-10-11-12-13-14-18-15-16-20(25-18)21(24)19(17-23)22(2)3/h15-16,19,21,23-24H,4-12,17H2,1-3H3. The fourth-order valence-corrected chi connectivity index (χ4v) is 3.74. The van der Waals surface area contributed by atoms with Gasteiger partial charge in [0.05, 0.1) is 17.5 Å². The lowest BCUT2D eigenvalue weighted by atomic mass is 10.1. The molecule has 1 rings (SSSR count). The normalized spacial score (nSPS) is 13.5. The molecular weight excluding hydrogens is 330 g/mol. The molecule has 0 radical (unpaired) electrons. The van der Waals surface area contributed by atoms with E-state index < -0.39 is 6.10 Å². The fraction of sp³-hybridized carbons (Fsp3) is 0.714. The van der Waals surface area contributed by atoms with Crippen LogP contribution in [-0.4, -0.2) is 41.9 Å². The Hall–Kier alpha value is -0.860. The smallest absolute Gasteiger partial charge is 0.106 e. The Labute approximate surface area is 158 Å². The minimum Gasteiger partial charge on any atom is -0.395 e. The summed E-state index contributed by atoms with van der Waals surface area (Å²) in [5.74, 6) is 6.46. The maximum absolute atomic E-state index is 10.4. The average Bonchev–Trinajstić information content (AvgIpc) is 3.05. The van der Waals surface area contributed by atoms with Crippen molar-refractivity contribution in [3.05, 3.63) is 21.9 Å². The molecule has 25 heavy (non-hydrogen) atoms. The first-order valence-electron chi connectivity index (χ1n) is 9.64. The van der Waals surface area contributed by atoms with E-state index in [0.29, 0.717) is 0 Å². The van der Waals surface area contributed by atoms with Crippen LogP contribution in [0.3, 0.4) is 0 Å². The Bertz CT molecular complexity index is 515. The molecule has 2 unspecified atom stereocenters. The van der Waals surface area contributed by atoms with Gasteiger partial charge in [0.1, 0.15) is 6.10 Å². The van der Waals surface area contributed by atoms with Gasteiger partial charge in [-0.05, 0) is 32.6 Å². The molecular formula is C21H35NO2S. The van der Waals surface area contributed by atoms with Gasteiger partial charge in [0.25, 0.3) is 0 Å². The molecule has 0 amide bonds. The van der Waals surface area contributed by atoms with Gasteiger partial charge in [0, 0.05) is 11.3 Å². The number of hydrogen-bond acceptors (Lipinski definition) is 4. The van der Waals surface area contributed by atoms with Crippen LogP contribution < -0.4 is 0 Å². The van der Waals surface area contributed by atoms with E-state index in [0.717, 1.165) is 16.2 Å². The van der Waals surface area contributed by atoms with Crippen LogP contribution in [0, 0.1) is 11.8 Å². The summed E-state index contributed by atoms with van der Waals surface area (Å²) in [4.78, 5) is 3.70. The third-order valence-corrected chi connectivity index (χ3v) is 5.57. The van der Waals surface area contributed by atoms with E-state index in [1.54, 1.807) is 0 Å². The Balaban J connectivity index is 2.28. The zero-order valence-corrected chi connectivity index (χ0v) is 16.9. The van der Waals surface area contributed by atoms with Crippen molar-refractivity contribution in [3.8, 4) is 11.8 Å². The van der Waals surface area contributed by atoms with Crippen LogP contribution in [0.25, 0.3) is 0 Å². The summed E-state index contributed by atoms with van der Waals surface area (Å²) in [5, 5.41) is 19.8. The van der Waals surface area contributed by atoms with Gasteiger partial charge in [-0.1, -0.05) is 63.7 Å². The summed E-state index contributed by atoms with van der Waals surface area (Å²) >= 11 is 1.52. The van der Waals surface area contributed by atoms with Gasteiger partial charge >= 0.3 is 0 Å². The molecule has 0 aromatic carbocycles. The van der Waals surface area contributed by atoms with Gasteiger partial charge in [-0.2, -0.15) is 0 Å². The SMILES string of the molecule is CCCCCCCCCCC#Cc1ccc(C(O)C(CO)N(C)C)s1. The summed E-state index contributed by atoms with van der Waals surface area (Å²) in [6.45, 7) is 2.19. The second kappa shape index (κ2) is 13.4. The zero-order chi connectivity index (χ0) is 18.5. The molecule has 142 valence electrons. The van der Waals surface area contributed by atoms with Crippen molar-refractivity contribution in [2.24, 2.45) is 0 Å². The highest BCUT2D eigenvalue weighted by Crippen LogP contribution is 2.26. The van der Waals surface area contributed by atoms with Gasteiger partial charge in [-0.15, -0.1) is 11.3 Å². The number of hydrogen-bond donors (Lipinski definition) is 2. The van der Waals surface area contributed by atoms with Crippen molar-refractivity contribution in [2.75, 3.05) is 20.7 Å². The van der Waals surface area contributed by atoms with Crippen molar-refractivity contribution < 1.29 is 10.2 Å². The minimum absolute atomic E-state index is 0.0640. The summed E-state index contributed by atoms with van der Waals surface area (Å²) < 4.78 is 0. The van der Waals surface area contributed by atoms with Crippen molar-refractivity contribution in [3.63, 3.8) is 0 Å². The number of rotatable bonds is 12. The van der Waals surface area contributed by atoms with Crippen molar-refractivity contribution in [2.45, 2.75) is 76.9 Å². The van der Waals surface area contributed by atoms with Gasteiger partial charge in [-0.25, -0.2) is 0 Å². The largest absolute Gasteiger partial charge is 0.395 e. The number of unbranched alkanes of at least 4 members (excludes halogenated alkanes) is 8. The number of likely N-dealkylation sites (N-methyl/N-ethyl adjacent to an activating group) is 1. The van der Waals surface area contributed by atoms with Crippen LogP contribution in [0.4, 0.5) is 0 Å². The number of nitrogens with zero attached hydrogens (tertiary/aromatic N) is 1. The highest BCUT2D eigenvalue weighted by atomic mass is 32.1. The van der Waals surface area contributed by atoms with Crippen molar-refractivity contribution in [1.29, 1.82) is 0 Å². The quantitative estimate of drug-likeness (QED) is 0.421. The molecule has 0 saturated heterocycles. The average molecular weight is 366 g/mol. The molecule has 1 aromatic rings. The van der Waals surface area contributed by atoms with Crippen LogP contribution in [-0.2, 0) is 0 Å². The van der Waals surface area contributed by atoms with Crippen LogP contribution in [0.1, 0.15) is 80.6 Å². The van der Waals surface area contributed by atoms with Gasteiger partial charge in [0.15, 0.2) is 0 Å². The maximum atomic E-state index is 10.4. The Morgan fingerprint density at radius 2 is 1.68 bits per heavy atom. The van der Waals surface area contributed by atoms with E-state index in [9.17, 15) is 10.2 Å². The van der Waals surface area contributed by atoms with Crippen LogP contribution in [0.15, 0.2) is 12.1 Å². The van der Waals surface area contributed by atoms with E-state index in [4.69, 9.17) is 0 Å². The Kier molecular flexibility index (Phi) is 11.9. The first-order chi connectivity index (χ1) is 12.1. The fourth-order valence-electron chi connectivity index (χ4n) is 2.81. The summed E-state index contributed by atoms with van der Waals surface area (Å²) in [6.07, 6.45) is 10.9. The third-order valence-electron chi connectivity index (χ3n) is 4.50. The van der Waals surface area contributed by atoms with E-state index in [1.807, 2.05) is 31.1 Å². The molecule has 0 bridgehead atoms. The number of thiophene rings is 1. The molecule has 2 N–H and O–H groups in total. The number of aliphatic hydroxyl groups excluding tert-OH is 2. The molecule has 0 aliphatic rings. The monoisotopic (exact) mass is 365 g/mol. The number of aliphatic hydroxyl groups is 2. The first-order valence-corrected chi connectivity index (χ1v) is 10.5. The summed E-state index contributed by atoms with van der Waals surface area (Å²) in [5.41, 5.74) is 0. The third kappa shape index (κ3) is 8.87. The lowest BCUT2D eigenvalue weighted by Gasteiger charge is -2.26. The molecule has 0 aliphatic heterocycles. The van der Waals surface area contributed by atoms with Gasteiger partial charge in [-0.3, -0.25) is 0 Å². The van der Waals surface area contributed by atoms with E-state index in [2.05, 4.69) is 18.8 Å². The predicted molar refractivity (Wildman–Crippen MR) is 108 cm³/mol. The topological polar surface area (TPSA) is 43.7 Å². The molecule has 3 nitrogen and oxygen atoms in total. The molecule has 1 heterocycles. The Morgan fingerprint density at radius 3 is 2.28 bits per heavy atom. The van der Waals surface area contributed by atoms with E-state index in [-0.39, 0.29) is 12.6 Å². The molecule has 0 aliphatic carbocycles. The highest BCUT2D eigenvalue weighted by Gasteiger charge is 2.23. The second-order valence-corrected chi connectivity index (χ2v) is 8.00. The Morgan fingerprint density at radius 1 is 1.04 bits per heavy atom. The lowest BCUT2D eigenvalue weighted by Crippen LogP contribution is -2.36. The van der Waals surface area contributed by atoms with E-state index >= 15 is 0 Å². The van der Waals surface area contributed by atoms with Crippen LogP contribution in [0.2, 0.25) is 0 Å². The van der Waals surface area contributed by atoms with Crippen molar-refractivity contribution >= 4 is 11.3 Å². The molecule has 0 saturated carbocycles. The molecule has 4 heteroatoms. The molecule has 1 aromatic heterocycles. The summed E-state index contributed by atoms with van der Waals surface area (Å²) in [6, 6.07) is 3.60. The van der Waals surface area contributed by atoms with E-state index in [1.165, 1.54) is 62.7 Å². The zero-order valence-electron chi connectivity index (χ0n) is 16.1. The molecule has 0 fully saturated rings. The highest BCUT2D eigenvalue weighted by molar-refractivity contribution is 7.12. The minimum atomic E-state index is -0.673. The second-order valence-electron chi connectivity index (χ2n) is 6.89. The lowest BCUT2D eigenvalue weighted by molar-refractivity contribution is 0.0411. The molecule has 2 atom stereocenters. The molecule has 0 spiro atoms. The van der Waals surface area contributed by atoms with Gasteiger partial charge in [0.2, 0.25) is 0 Å². The van der Waals surface area contributed by atoms with Crippen LogP contribution >= 0.6 is 11.3 Å².